The molecular weight excluding hydrogens is 210 g/mol. The maximum Gasteiger partial charge on any atom is 0.418 e. The van der Waals surface area contributed by atoms with Gasteiger partial charge in [-0.1, -0.05) is 0 Å². The molecule has 0 amide bonds. The molecule has 0 N–H and O–H groups in total. The van der Waals surface area contributed by atoms with Crippen molar-refractivity contribution in [3.63, 3.8) is 0 Å². The fraction of sp³-hybridized carbons (Fsp3) is 0.455. The second-order valence-electron chi connectivity index (χ2n) is 3.31. The molecular formula is C11H15NO4. The van der Waals surface area contributed by atoms with Gasteiger partial charge in [0.2, 0.25) is 0 Å². The third-order valence-electron chi connectivity index (χ3n) is 2.28. The van der Waals surface area contributed by atoms with Gasteiger partial charge in [0.25, 0.3) is 0 Å². The van der Waals surface area contributed by atoms with Crippen LogP contribution in [0.1, 0.15) is 28.7 Å². The van der Waals surface area contributed by atoms with Gasteiger partial charge in [0.1, 0.15) is 0 Å². The van der Waals surface area contributed by atoms with E-state index in [1.54, 1.807) is 26.8 Å². The predicted octanol–water partition coefficient (Wildman–Crippen LogP) is 1.90. The molecule has 1 rings (SSSR count). The number of ether oxygens (including phenoxy) is 2. The van der Waals surface area contributed by atoms with E-state index in [4.69, 9.17) is 4.74 Å². The van der Waals surface area contributed by atoms with Gasteiger partial charge < -0.3 is 9.47 Å². The van der Waals surface area contributed by atoms with E-state index in [0.717, 1.165) is 0 Å². The van der Waals surface area contributed by atoms with Crippen LogP contribution >= 0.6 is 0 Å². The summed E-state index contributed by atoms with van der Waals surface area (Å²) in [5.41, 5.74) is 1.57. The molecule has 0 bridgehead atoms. The van der Waals surface area contributed by atoms with Crippen LogP contribution in [0.25, 0.3) is 0 Å². The van der Waals surface area contributed by atoms with Gasteiger partial charge in [-0.2, -0.15) is 0 Å². The summed E-state index contributed by atoms with van der Waals surface area (Å²) in [4.78, 5) is 23.0. The normalized spacial score (nSPS) is 10.0. The number of hydrogen-bond donors (Lipinski definition) is 0. The van der Waals surface area contributed by atoms with Gasteiger partial charge in [0.05, 0.1) is 19.3 Å². The zero-order chi connectivity index (χ0) is 12.3. The first-order valence-electron chi connectivity index (χ1n) is 4.97. The molecule has 0 radical (unpaired) electrons. The zero-order valence-electron chi connectivity index (χ0n) is 9.86. The highest BCUT2D eigenvalue weighted by Gasteiger charge is 2.20. The van der Waals surface area contributed by atoms with Crippen molar-refractivity contribution in [2.45, 2.75) is 20.8 Å². The fourth-order valence-corrected chi connectivity index (χ4v) is 1.55. The second-order valence-corrected chi connectivity index (χ2v) is 3.31. The smallest absolute Gasteiger partial charge is 0.418 e. The maximum atomic E-state index is 11.6. The number of esters is 1. The fourth-order valence-electron chi connectivity index (χ4n) is 1.55. The van der Waals surface area contributed by atoms with Crippen molar-refractivity contribution in [1.29, 1.82) is 0 Å². The number of carbonyl (C=O) groups is 2. The lowest BCUT2D eigenvalue weighted by Gasteiger charge is -2.05. The molecule has 1 heterocycles. The van der Waals surface area contributed by atoms with Crippen molar-refractivity contribution in [3.8, 4) is 0 Å². The number of aromatic nitrogens is 1. The summed E-state index contributed by atoms with van der Waals surface area (Å²) < 4.78 is 10.8. The van der Waals surface area contributed by atoms with Gasteiger partial charge in [-0.15, -0.1) is 0 Å². The standard InChI is InChI=1S/C11H15NO4/c1-5-16-10(13)9-6-7(2)12(8(9)3)11(14)15-4/h6H,5H2,1-4H3. The van der Waals surface area contributed by atoms with Crippen molar-refractivity contribution in [2.75, 3.05) is 13.7 Å². The van der Waals surface area contributed by atoms with Gasteiger partial charge in [0, 0.05) is 11.4 Å². The van der Waals surface area contributed by atoms with E-state index >= 15 is 0 Å². The van der Waals surface area contributed by atoms with Crippen molar-refractivity contribution < 1.29 is 19.1 Å². The average Bonchev–Trinajstić information content (AvgIpc) is 2.54. The Bertz CT molecular complexity index is 420. The van der Waals surface area contributed by atoms with Crippen molar-refractivity contribution in [2.24, 2.45) is 0 Å². The minimum absolute atomic E-state index is 0.306. The number of hydrogen-bond acceptors (Lipinski definition) is 4. The molecule has 0 saturated heterocycles. The molecule has 0 aliphatic carbocycles. The van der Waals surface area contributed by atoms with Crippen molar-refractivity contribution in [1.82, 2.24) is 4.57 Å². The third kappa shape index (κ3) is 2.08. The molecule has 0 unspecified atom stereocenters. The Balaban J connectivity index is 3.16. The van der Waals surface area contributed by atoms with Crippen molar-refractivity contribution in [3.05, 3.63) is 23.0 Å². The Hall–Kier alpha value is -1.78. The molecule has 0 aromatic carbocycles. The highest BCUT2D eigenvalue weighted by atomic mass is 16.5. The monoisotopic (exact) mass is 225 g/mol. The van der Waals surface area contributed by atoms with Crippen LogP contribution in [0, 0.1) is 13.8 Å². The molecule has 0 aliphatic rings. The predicted molar refractivity (Wildman–Crippen MR) is 57.7 cm³/mol. The molecule has 88 valence electrons. The van der Waals surface area contributed by atoms with Crippen LogP contribution in [0.15, 0.2) is 6.07 Å². The Morgan fingerprint density at radius 3 is 2.50 bits per heavy atom. The summed E-state index contributed by atoms with van der Waals surface area (Å²) in [5, 5.41) is 0. The lowest BCUT2D eigenvalue weighted by molar-refractivity contribution is 0.0525. The van der Waals surface area contributed by atoms with Gasteiger partial charge >= 0.3 is 12.1 Å². The van der Waals surface area contributed by atoms with Crippen LogP contribution < -0.4 is 0 Å². The van der Waals surface area contributed by atoms with E-state index in [1.165, 1.54) is 11.7 Å². The number of rotatable bonds is 2. The molecule has 1 aromatic rings. The van der Waals surface area contributed by atoms with E-state index in [1.807, 2.05) is 0 Å². The Morgan fingerprint density at radius 2 is 2.00 bits per heavy atom. The molecule has 0 saturated carbocycles. The molecule has 5 heteroatoms. The van der Waals surface area contributed by atoms with E-state index < -0.39 is 12.1 Å². The van der Waals surface area contributed by atoms with Crippen LogP contribution in [0.2, 0.25) is 0 Å². The maximum absolute atomic E-state index is 11.6. The molecule has 5 nitrogen and oxygen atoms in total. The van der Waals surface area contributed by atoms with Gasteiger partial charge in [-0.3, -0.25) is 4.57 Å². The Morgan fingerprint density at radius 1 is 1.38 bits per heavy atom. The highest BCUT2D eigenvalue weighted by Crippen LogP contribution is 2.16. The second kappa shape index (κ2) is 4.83. The largest absolute Gasteiger partial charge is 0.462 e. The summed E-state index contributed by atoms with van der Waals surface area (Å²) >= 11 is 0. The minimum atomic E-state index is -0.509. The van der Waals surface area contributed by atoms with E-state index in [9.17, 15) is 9.59 Å². The Labute approximate surface area is 94.0 Å². The van der Waals surface area contributed by atoms with Crippen LogP contribution in [-0.2, 0) is 9.47 Å². The molecule has 1 aromatic heterocycles. The SMILES string of the molecule is CCOC(=O)c1cc(C)n(C(=O)OC)c1C. The quantitative estimate of drug-likeness (QED) is 0.721. The van der Waals surface area contributed by atoms with E-state index in [2.05, 4.69) is 4.74 Å². The number of nitrogens with zero attached hydrogens (tertiary/aromatic N) is 1. The number of carbonyl (C=O) groups excluding carboxylic acids is 2. The van der Waals surface area contributed by atoms with Crippen LogP contribution in [0.5, 0.6) is 0 Å². The lowest BCUT2D eigenvalue weighted by Crippen LogP contribution is -2.15. The average molecular weight is 225 g/mol. The first-order chi connectivity index (χ1) is 7.52. The molecule has 0 aliphatic heterocycles. The minimum Gasteiger partial charge on any atom is -0.462 e. The lowest BCUT2D eigenvalue weighted by atomic mass is 10.2. The summed E-state index contributed by atoms with van der Waals surface area (Å²) in [5.74, 6) is -0.425. The number of aryl methyl sites for hydroxylation is 1. The summed E-state index contributed by atoms with van der Waals surface area (Å²) in [6, 6.07) is 1.62. The molecule has 0 atom stereocenters. The zero-order valence-corrected chi connectivity index (χ0v) is 9.86. The van der Waals surface area contributed by atoms with Crippen LogP contribution in [0.3, 0.4) is 0 Å². The number of methoxy groups -OCH3 is 1. The van der Waals surface area contributed by atoms with Gasteiger partial charge in [-0.25, -0.2) is 9.59 Å². The first kappa shape index (κ1) is 12.3. The van der Waals surface area contributed by atoms with Crippen LogP contribution in [0.4, 0.5) is 4.79 Å². The Kier molecular flexibility index (Phi) is 3.71. The molecule has 16 heavy (non-hydrogen) atoms. The summed E-state index contributed by atoms with van der Waals surface area (Å²) in [7, 11) is 1.30. The first-order valence-corrected chi connectivity index (χ1v) is 4.97. The topological polar surface area (TPSA) is 57.5 Å². The molecule has 0 spiro atoms. The van der Waals surface area contributed by atoms with Gasteiger partial charge in [0.15, 0.2) is 0 Å². The van der Waals surface area contributed by atoms with Crippen LogP contribution in [-0.4, -0.2) is 30.3 Å². The summed E-state index contributed by atoms with van der Waals surface area (Å²) in [6.07, 6.45) is -0.509. The summed E-state index contributed by atoms with van der Waals surface area (Å²) in [6.45, 7) is 5.45. The third-order valence-corrected chi connectivity index (χ3v) is 2.28. The molecule has 0 fully saturated rings. The van der Waals surface area contributed by atoms with Gasteiger partial charge in [-0.05, 0) is 26.8 Å². The van der Waals surface area contributed by atoms with E-state index in [0.29, 0.717) is 23.6 Å². The van der Waals surface area contributed by atoms with Crippen molar-refractivity contribution >= 4 is 12.1 Å². The highest BCUT2D eigenvalue weighted by molar-refractivity contribution is 5.92. The van der Waals surface area contributed by atoms with E-state index in [-0.39, 0.29) is 0 Å².